The van der Waals surface area contributed by atoms with Gasteiger partial charge < -0.3 is 10.0 Å². The quantitative estimate of drug-likeness (QED) is 0.768. The van der Waals surface area contributed by atoms with Gasteiger partial charge in [0.2, 0.25) is 0 Å². The summed E-state index contributed by atoms with van der Waals surface area (Å²) in [4.78, 5) is 17.3. The number of aryl methyl sites for hydroxylation is 1. The topological polar surface area (TPSA) is 53.4 Å². The lowest BCUT2D eigenvalue weighted by Crippen LogP contribution is -2.10. The van der Waals surface area contributed by atoms with Gasteiger partial charge in [0.15, 0.2) is 0 Å². The molecule has 5 heteroatoms. The lowest BCUT2D eigenvalue weighted by Gasteiger charge is -2.11. The van der Waals surface area contributed by atoms with Gasteiger partial charge in [-0.2, -0.15) is 0 Å². The minimum Gasteiger partial charge on any atom is -0.478 e. The van der Waals surface area contributed by atoms with Crippen LogP contribution in [0.1, 0.15) is 10.6 Å². The number of rotatable bonds is 4. The highest BCUT2D eigenvalue weighted by atomic mass is 32.1. The molecule has 0 unspecified atom stereocenters. The molecule has 0 saturated heterocycles. The van der Waals surface area contributed by atoms with E-state index in [9.17, 15) is 4.79 Å². The van der Waals surface area contributed by atoms with Crippen LogP contribution in [0.3, 0.4) is 0 Å². The van der Waals surface area contributed by atoms with Gasteiger partial charge in [-0.25, -0.2) is 9.78 Å². The van der Waals surface area contributed by atoms with Crippen molar-refractivity contribution in [2.24, 2.45) is 0 Å². The van der Waals surface area contributed by atoms with Crippen molar-refractivity contribution < 1.29 is 9.90 Å². The molecule has 76 valence electrons. The summed E-state index contributed by atoms with van der Waals surface area (Å²) in [6, 6.07) is 0. The Bertz CT molecular complexity index is 346. The van der Waals surface area contributed by atoms with E-state index in [4.69, 9.17) is 5.11 Å². The lowest BCUT2D eigenvalue weighted by atomic mass is 10.4. The van der Waals surface area contributed by atoms with Gasteiger partial charge in [-0.1, -0.05) is 0 Å². The van der Waals surface area contributed by atoms with E-state index in [0.29, 0.717) is 6.54 Å². The smallest absolute Gasteiger partial charge is 0.329 e. The molecule has 0 aliphatic rings. The molecule has 0 aliphatic carbocycles. The maximum Gasteiger partial charge on any atom is 0.329 e. The number of aliphatic carboxylic acids is 1. The largest absolute Gasteiger partial charge is 0.478 e. The van der Waals surface area contributed by atoms with E-state index < -0.39 is 5.97 Å². The molecule has 0 aromatic carbocycles. The van der Waals surface area contributed by atoms with Crippen LogP contribution in [-0.2, 0) is 11.3 Å². The first-order valence-electron chi connectivity index (χ1n) is 4.10. The summed E-state index contributed by atoms with van der Waals surface area (Å²) in [6.07, 6.45) is 2.66. The Morgan fingerprint density at radius 3 is 3.00 bits per heavy atom. The normalized spacial score (nSPS) is 10.7. The summed E-state index contributed by atoms with van der Waals surface area (Å²) in [5, 5.41) is 8.42. The molecule has 14 heavy (non-hydrogen) atoms. The number of thiazole rings is 1. The average Bonchev–Trinajstić information content (AvgIpc) is 2.49. The minimum absolute atomic E-state index is 0.695. The molecule has 0 aliphatic heterocycles. The van der Waals surface area contributed by atoms with Crippen molar-refractivity contribution in [3.05, 3.63) is 28.4 Å². The van der Waals surface area contributed by atoms with Crippen LogP contribution >= 0.6 is 11.3 Å². The van der Waals surface area contributed by atoms with E-state index in [1.54, 1.807) is 23.0 Å². The summed E-state index contributed by atoms with van der Waals surface area (Å²) in [5.41, 5.74) is 2.80. The number of hydrogen-bond donors (Lipinski definition) is 1. The fourth-order valence-electron chi connectivity index (χ4n) is 0.948. The van der Waals surface area contributed by atoms with Crippen molar-refractivity contribution in [3.63, 3.8) is 0 Å². The molecule has 0 amide bonds. The molecule has 1 rings (SSSR count). The Labute approximate surface area is 86.5 Å². The van der Waals surface area contributed by atoms with Crippen LogP contribution < -0.4 is 0 Å². The molecule has 0 spiro atoms. The Morgan fingerprint density at radius 2 is 2.50 bits per heavy atom. The Balaban J connectivity index is 2.53. The van der Waals surface area contributed by atoms with E-state index in [1.807, 2.05) is 18.9 Å². The van der Waals surface area contributed by atoms with Gasteiger partial charge >= 0.3 is 5.97 Å². The van der Waals surface area contributed by atoms with Crippen LogP contribution in [0.5, 0.6) is 0 Å². The van der Waals surface area contributed by atoms with Gasteiger partial charge in [0.1, 0.15) is 0 Å². The third-order valence-electron chi connectivity index (χ3n) is 1.71. The Hall–Kier alpha value is -1.36. The van der Waals surface area contributed by atoms with Crippen LogP contribution in [0.4, 0.5) is 0 Å². The molecule has 4 nitrogen and oxygen atoms in total. The van der Waals surface area contributed by atoms with Gasteiger partial charge in [0.25, 0.3) is 0 Å². The monoisotopic (exact) mass is 212 g/mol. The van der Waals surface area contributed by atoms with Crippen LogP contribution in [0.25, 0.3) is 0 Å². The number of nitrogens with zero attached hydrogens (tertiary/aromatic N) is 2. The van der Waals surface area contributed by atoms with Crippen LogP contribution in [0, 0.1) is 6.92 Å². The van der Waals surface area contributed by atoms with Crippen molar-refractivity contribution in [2.75, 3.05) is 7.05 Å². The standard InChI is InChI=1S/C9H12N2O2S/c1-7-8(14-6-10-7)5-11(2)4-3-9(12)13/h3-4,6H,5H2,1-2H3,(H,12,13). The lowest BCUT2D eigenvalue weighted by molar-refractivity contribution is -0.131. The fraction of sp³-hybridized carbons (Fsp3) is 0.333. The molecule has 0 saturated carbocycles. The van der Waals surface area contributed by atoms with Crippen molar-refractivity contribution in [2.45, 2.75) is 13.5 Å². The fourth-order valence-corrected chi connectivity index (χ4v) is 1.79. The van der Waals surface area contributed by atoms with Crippen LogP contribution in [-0.4, -0.2) is 28.0 Å². The third kappa shape index (κ3) is 3.18. The summed E-state index contributed by atoms with van der Waals surface area (Å²) in [6.45, 7) is 2.64. The summed E-state index contributed by atoms with van der Waals surface area (Å²) >= 11 is 1.58. The molecular formula is C9H12N2O2S. The molecule has 0 fully saturated rings. The van der Waals surface area contributed by atoms with Crippen LogP contribution in [0.2, 0.25) is 0 Å². The first-order chi connectivity index (χ1) is 6.59. The second-order valence-corrected chi connectivity index (χ2v) is 3.87. The predicted molar refractivity (Wildman–Crippen MR) is 55.1 cm³/mol. The second-order valence-electron chi connectivity index (χ2n) is 2.93. The summed E-state index contributed by atoms with van der Waals surface area (Å²) < 4.78 is 0. The zero-order valence-electron chi connectivity index (χ0n) is 8.10. The molecular weight excluding hydrogens is 200 g/mol. The molecule has 1 aromatic heterocycles. The zero-order chi connectivity index (χ0) is 10.6. The van der Waals surface area contributed by atoms with E-state index >= 15 is 0 Å². The number of carboxylic acid groups (broad SMARTS) is 1. The third-order valence-corrected chi connectivity index (χ3v) is 2.63. The van der Waals surface area contributed by atoms with Crippen molar-refractivity contribution in [3.8, 4) is 0 Å². The Morgan fingerprint density at radius 1 is 1.79 bits per heavy atom. The Kier molecular flexibility index (Phi) is 3.64. The first-order valence-corrected chi connectivity index (χ1v) is 4.98. The molecule has 1 heterocycles. The van der Waals surface area contributed by atoms with E-state index in [0.717, 1.165) is 16.6 Å². The van der Waals surface area contributed by atoms with E-state index in [2.05, 4.69) is 4.98 Å². The van der Waals surface area contributed by atoms with Gasteiger partial charge in [-0.15, -0.1) is 11.3 Å². The number of carboxylic acids is 1. The van der Waals surface area contributed by atoms with Crippen molar-refractivity contribution in [1.29, 1.82) is 0 Å². The van der Waals surface area contributed by atoms with Crippen LogP contribution in [0.15, 0.2) is 17.8 Å². The van der Waals surface area contributed by atoms with Gasteiger partial charge in [-0.3, -0.25) is 0 Å². The number of carbonyl (C=O) groups is 1. The average molecular weight is 212 g/mol. The second kappa shape index (κ2) is 4.76. The van der Waals surface area contributed by atoms with E-state index in [-0.39, 0.29) is 0 Å². The zero-order valence-corrected chi connectivity index (χ0v) is 8.91. The number of aromatic nitrogens is 1. The molecule has 0 radical (unpaired) electrons. The highest BCUT2D eigenvalue weighted by Crippen LogP contribution is 2.13. The maximum absolute atomic E-state index is 10.2. The highest BCUT2D eigenvalue weighted by molar-refractivity contribution is 7.09. The summed E-state index contributed by atoms with van der Waals surface area (Å²) in [5.74, 6) is -0.933. The molecule has 1 N–H and O–H groups in total. The summed E-state index contributed by atoms with van der Waals surface area (Å²) in [7, 11) is 1.83. The minimum atomic E-state index is -0.933. The SMILES string of the molecule is Cc1ncsc1CN(C)C=CC(=O)O. The van der Waals surface area contributed by atoms with Gasteiger partial charge in [0.05, 0.1) is 17.7 Å². The highest BCUT2D eigenvalue weighted by Gasteiger charge is 2.02. The van der Waals surface area contributed by atoms with Crippen molar-refractivity contribution >= 4 is 17.3 Å². The molecule has 0 bridgehead atoms. The van der Waals surface area contributed by atoms with E-state index in [1.165, 1.54) is 0 Å². The maximum atomic E-state index is 10.2. The predicted octanol–water partition coefficient (Wildman–Crippen LogP) is 1.48. The van der Waals surface area contributed by atoms with Crippen molar-refractivity contribution in [1.82, 2.24) is 9.88 Å². The molecule has 0 atom stereocenters. The number of hydrogen-bond acceptors (Lipinski definition) is 4. The van der Waals surface area contributed by atoms with Gasteiger partial charge in [0, 0.05) is 24.2 Å². The van der Waals surface area contributed by atoms with Gasteiger partial charge in [-0.05, 0) is 6.92 Å². The molecule has 1 aromatic rings. The first kappa shape index (κ1) is 10.7.